The molecule has 3 aliphatic rings. The SMILES string of the molecule is C[C@@H]1Cc2cc(O)ccc2C2CCC3(C)/C(=C/COCC[NH+](C)C)CCC3C21. The van der Waals surface area contributed by atoms with E-state index in [1.807, 2.05) is 12.1 Å². The van der Waals surface area contributed by atoms with Crippen LogP contribution in [-0.4, -0.2) is 39.0 Å². The highest BCUT2D eigenvalue weighted by atomic mass is 16.5. The molecule has 3 aliphatic carbocycles. The molecule has 4 unspecified atom stereocenters. The Morgan fingerprint density at radius 3 is 2.89 bits per heavy atom. The summed E-state index contributed by atoms with van der Waals surface area (Å²) in [6.45, 7) is 7.67. The molecular weight excluding hydrogens is 346 g/mol. The van der Waals surface area contributed by atoms with Crippen molar-refractivity contribution in [2.24, 2.45) is 23.2 Å². The summed E-state index contributed by atoms with van der Waals surface area (Å²) in [5.41, 5.74) is 4.94. The third-order valence-corrected chi connectivity index (χ3v) is 8.10. The topological polar surface area (TPSA) is 33.9 Å². The number of allylic oxidation sites excluding steroid dienone is 1. The largest absolute Gasteiger partial charge is 0.508 e. The van der Waals surface area contributed by atoms with Crippen molar-refractivity contribution < 1.29 is 14.7 Å². The van der Waals surface area contributed by atoms with E-state index in [1.165, 1.54) is 41.7 Å². The molecule has 0 radical (unpaired) electrons. The van der Waals surface area contributed by atoms with Gasteiger partial charge in [0.05, 0.1) is 27.3 Å². The molecule has 5 atom stereocenters. The number of benzene rings is 1. The van der Waals surface area contributed by atoms with Crippen LogP contribution in [0.5, 0.6) is 5.75 Å². The lowest BCUT2D eigenvalue weighted by Gasteiger charge is -2.52. The van der Waals surface area contributed by atoms with Crippen LogP contribution in [0.1, 0.15) is 56.6 Å². The second-order valence-corrected chi connectivity index (χ2v) is 10.1. The number of quaternary nitrogens is 1. The third-order valence-electron chi connectivity index (χ3n) is 8.10. The highest BCUT2D eigenvalue weighted by molar-refractivity contribution is 5.41. The summed E-state index contributed by atoms with van der Waals surface area (Å²) in [5, 5.41) is 9.93. The van der Waals surface area contributed by atoms with Gasteiger partial charge in [-0.25, -0.2) is 0 Å². The van der Waals surface area contributed by atoms with E-state index in [2.05, 4.69) is 40.1 Å². The molecule has 0 bridgehead atoms. The number of phenolic OH excluding ortho intramolecular Hbond substituents is 1. The first-order chi connectivity index (χ1) is 13.4. The predicted octanol–water partition coefficient (Wildman–Crippen LogP) is 3.58. The van der Waals surface area contributed by atoms with E-state index < -0.39 is 0 Å². The Bertz CT molecular complexity index is 740. The van der Waals surface area contributed by atoms with E-state index in [9.17, 15) is 5.11 Å². The van der Waals surface area contributed by atoms with Crippen LogP contribution in [0.25, 0.3) is 0 Å². The van der Waals surface area contributed by atoms with E-state index in [4.69, 9.17) is 4.74 Å². The number of hydrogen-bond donors (Lipinski definition) is 2. The second-order valence-electron chi connectivity index (χ2n) is 10.1. The molecule has 0 amide bonds. The smallest absolute Gasteiger partial charge is 0.115 e. The van der Waals surface area contributed by atoms with Gasteiger partial charge in [-0.05, 0) is 84.5 Å². The number of phenols is 1. The Kier molecular flexibility index (Phi) is 5.59. The van der Waals surface area contributed by atoms with Crippen molar-refractivity contribution in [3.8, 4) is 5.75 Å². The van der Waals surface area contributed by atoms with Crippen LogP contribution in [0.15, 0.2) is 29.8 Å². The van der Waals surface area contributed by atoms with Crippen LogP contribution in [-0.2, 0) is 11.2 Å². The summed E-state index contributed by atoms with van der Waals surface area (Å²) in [4.78, 5) is 1.44. The molecule has 1 aromatic rings. The summed E-state index contributed by atoms with van der Waals surface area (Å²) < 4.78 is 5.90. The van der Waals surface area contributed by atoms with E-state index in [0.717, 1.165) is 38.0 Å². The first kappa shape index (κ1) is 20.0. The molecule has 0 saturated heterocycles. The van der Waals surface area contributed by atoms with Crippen LogP contribution in [0.4, 0.5) is 0 Å². The predicted molar refractivity (Wildman–Crippen MR) is 114 cm³/mol. The van der Waals surface area contributed by atoms with E-state index in [0.29, 0.717) is 23.0 Å². The molecule has 2 fully saturated rings. The van der Waals surface area contributed by atoms with Crippen molar-refractivity contribution in [3.63, 3.8) is 0 Å². The van der Waals surface area contributed by atoms with E-state index in [-0.39, 0.29) is 0 Å². The second kappa shape index (κ2) is 7.84. The molecular formula is C25H38NO2+. The highest BCUT2D eigenvalue weighted by Crippen LogP contribution is 2.63. The van der Waals surface area contributed by atoms with Gasteiger partial charge in [-0.3, -0.25) is 0 Å². The summed E-state index contributed by atoms with van der Waals surface area (Å²) in [5.74, 6) is 3.37. The van der Waals surface area contributed by atoms with Crippen LogP contribution in [0.2, 0.25) is 0 Å². The summed E-state index contributed by atoms with van der Waals surface area (Å²) in [6.07, 6.45) is 8.70. The standard InChI is InChI=1S/C25H37NO2/c1-17-15-18-16-20(27)6-7-21(18)22-9-11-25(2)19(5-8-23(25)24(17)22)10-13-28-14-12-26(3)4/h6-7,10,16-17,22-24,27H,5,8-9,11-15H2,1-4H3/p+1/b19-10+/t17-,22?,23?,24?,25?/m1/s1. The molecule has 28 heavy (non-hydrogen) atoms. The van der Waals surface area contributed by atoms with Crippen molar-refractivity contribution in [2.75, 3.05) is 33.9 Å². The maximum Gasteiger partial charge on any atom is 0.115 e. The molecule has 154 valence electrons. The molecule has 2 saturated carbocycles. The van der Waals surface area contributed by atoms with Gasteiger partial charge in [-0.15, -0.1) is 0 Å². The lowest BCUT2D eigenvalue weighted by Crippen LogP contribution is -3.06. The van der Waals surface area contributed by atoms with Gasteiger partial charge >= 0.3 is 0 Å². The normalized spacial score (nSPS) is 35.7. The van der Waals surface area contributed by atoms with Gasteiger partial charge < -0.3 is 14.7 Å². The maximum atomic E-state index is 9.93. The fourth-order valence-electron chi connectivity index (χ4n) is 6.67. The monoisotopic (exact) mass is 384 g/mol. The molecule has 3 heteroatoms. The Hall–Kier alpha value is -1.32. The van der Waals surface area contributed by atoms with E-state index >= 15 is 0 Å². The quantitative estimate of drug-likeness (QED) is 0.601. The minimum absolute atomic E-state index is 0.361. The Morgan fingerprint density at radius 2 is 2.11 bits per heavy atom. The molecule has 0 aromatic heterocycles. The number of fused-ring (bicyclic) bond motifs is 5. The number of hydrogen-bond acceptors (Lipinski definition) is 2. The zero-order valence-electron chi connectivity index (χ0n) is 18.1. The van der Waals surface area contributed by atoms with Gasteiger partial charge in [0.25, 0.3) is 0 Å². The number of ether oxygens (including phenoxy) is 1. The Labute approximate surface area is 170 Å². The maximum absolute atomic E-state index is 9.93. The molecule has 2 N–H and O–H groups in total. The number of rotatable bonds is 5. The van der Waals surface area contributed by atoms with E-state index in [1.54, 1.807) is 5.57 Å². The average Bonchev–Trinajstić information content (AvgIpc) is 2.97. The van der Waals surface area contributed by atoms with Gasteiger partial charge in [0.15, 0.2) is 0 Å². The fraction of sp³-hybridized carbons (Fsp3) is 0.680. The zero-order chi connectivity index (χ0) is 19.9. The van der Waals surface area contributed by atoms with Crippen molar-refractivity contribution in [1.82, 2.24) is 0 Å². The first-order valence-electron chi connectivity index (χ1n) is 11.3. The number of aromatic hydroxyl groups is 1. The van der Waals surface area contributed by atoms with Crippen molar-refractivity contribution in [3.05, 3.63) is 41.0 Å². The molecule has 0 spiro atoms. The highest BCUT2D eigenvalue weighted by Gasteiger charge is 2.54. The van der Waals surface area contributed by atoms with Crippen molar-refractivity contribution in [1.29, 1.82) is 0 Å². The molecule has 4 rings (SSSR count). The van der Waals surface area contributed by atoms with Gasteiger partial charge in [0.1, 0.15) is 12.3 Å². The third kappa shape index (κ3) is 3.52. The van der Waals surface area contributed by atoms with Crippen LogP contribution >= 0.6 is 0 Å². The molecule has 0 aliphatic heterocycles. The zero-order valence-corrected chi connectivity index (χ0v) is 18.1. The Morgan fingerprint density at radius 1 is 1.29 bits per heavy atom. The summed E-state index contributed by atoms with van der Waals surface area (Å²) >= 11 is 0. The van der Waals surface area contributed by atoms with Gasteiger partial charge in [0.2, 0.25) is 0 Å². The van der Waals surface area contributed by atoms with Crippen molar-refractivity contribution >= 4 is 0 Å². The minimum Gasteiger partial charge on any atom is -0.508 e. The lowest BCUT2D eigenvalue weighted by atomic mass is 9.52. The molecule has 0 heterocycles. The molecule has 1 aromatic carbocycles. The minimum atomic E-state index is 0.361. The van der Waals surface area contributed by atoms with Gasteiger partial charge in [0, 0.05) is 0 Å². The van der Waals surface area contributed by atoms with Crippen LogP contribution in [0, 0.1) is 23.2 Å². The number of likely N-dealkylation sites (N-methyl/N-ethyl adjacent to an activating group) is 1. The van der Waals surface area contributed by atoms with Crippen molar-refractivity contribution in [2.45, 2.75) is 51.9 Å². The van der Waals surface area contributed by atoms with Gasteiger partial charge in [-0.2, -0.15) is 0 Å². The lowest BCUT2D eigenvalue weighted by molar-refractivity contribution is -0.858. The number of nitrogens with one attached hydrogen (secondary N) is 1. The summed E-state index contributed by atoms with van der Waals surface area (Å²) in [6, 6.07) is 6.12. The van der Waals surface area contributed by atoms with Crippen LogP contribution < -0.4 is 4.90 Å². The fourth-order valence-corrected chi connectivity index (χ4v) is 6.67. The van der Waals surface area contributed by atoms with Crippen LogP contribution in [0.3, 0.4) is 0 Å². The van der Waals surface area contributed by atoms with Gasteiger partial charge in [-0.1, -0.05) is 31.6 Å². The summed E-state index contributed by atoms with van der Waals surface area (Å²) in [7, 11) is 4.35. The first-order valence-corrected chi connectivity index (χ1v) is 11.3. The average molecular weight is 385 g/mol. The Balaban J connectivity index is 1.50. The molecule has 3 nitrogen and oxygen atoms in total.